The maximum Gasteiger partial charge on any atom is 0.349 e. The van der Waals surface area contributed by atoms with Crippen LogP contribution in [0.1, 0.15) is 32.1 Å². The Kier molecular flexibility index (Phi) is 2.37. The van der Waals surface area contributed by atoms with Gasteiger partial charge in [-0.1, -0.05) is 18.2 Å². The summed E-state index contributed by atoms with van der Waals surface area (Å²) in [7, 11) is 0. The number of carbonyl (C=O) groups is 2. The van der Waals surface area contributed by atoms with Gasteiger partial charge in [0, 0.05) is 11.8 Å². The third-order valence-electron chi connectivity index (χ3n) is 4.47. The summed E-state index contributed by atoms with van der Waals surface area (Å²) in [5.74, 6) is 0.621. The standard InChI is InChI=1S/C13H15ClO3/c1-7(14)12(16)17-13-4-8-2-9(5-13)11(15)10(3-8)6-13/h8-10H,1-6H2. The van der Waals surface area contributed by atoms with Crippen LogP contribution in [0.25, 0.3) is 0 Å². The van der Waals surface area contributed by atoms with Crippen molar-refractivity contribution in [1.82, 2.24) is 0 Å². The van der Waals surface area contributed by atoms with Crippen molar-refractivity contribution in [3.8, 4) is 0 Å². The van der Waals surface area contributed by atoms with Crippen molar-refractivity contribution in [1.29, 1.82) is 0 Å². The molecule has 0 N–H and O–H groups in total. The van der Waals surface area contributed by atoms with Crippen LogP contribution < -0.4 is 0 Å². The van der Waals surface area contributed by atoms with Gasteiger partial charge >= 0.3 is 5.97 Å². The highest BCUT2D eigenvalue weighted by Crippen LogP contribution is 2.55. The van der Waals surface area contributed by atoms with Gasteiger partial charge in [-0.2, -0.15) is 0 Å². The van der Waals surface area contributed by atoms with Crippen molar-refractivity contribution < 1.29 is 14.3 Å². The summed E-state index contributed by atoms with van der Waals surface area (Å²) >= 11 is 5.56. The molecule has 0 heterocycles. The van der Waals surface area contributed by atoms with Crippen LogP contribution in [-0.4, -0.2) is 17.4 Å². The number of esters is 1. The summed E-state index contributed by atoms with van der Waals surface area (Å²) in [6, 6.07) is 0. The number of carbonyl (C=O) groups excluding carboxylic acids is 2. The fraction of sp³-hybridized carbons (Fsp3) is 0.692. The second-order valence-corrected chi connectivity index (χ2v) is 6.18. The molecule has 0 radical (unpaired) electrons. The Morgan fingerprint density at radius 1 is 1.29 bits per heavy atom. The SMILES string of the molecule is C=C(Cl)C(=O)OC12CC3CC(C1)C(=O)C(C3)C2. The molecule has 92 valence electrons. The van der Waals surface area contributed by atoms with Gasteiger partial charge in [0.2, 0.25) is 0 Å². The Labute approximate surface area is 105 Å². The first-order valence-electron chi connectivity index (χ1n) is 6.10. The summed E-state index contributed by atoms with van der Waals surface area (Å²) in [5.41, 5.74) is -0.431. The topological polar surface area (TPSA) is 43.4 Å². The van der Waals surface area contributed by atoms with Gasteiger partial charge in [-0.3, -0.25) is 4.79 Å². The number of ether oxygens (including phenoxy) is 1. The lowest BCUT2D eigenvalue weighted by Crippen LogP contribution is -2.56. The maximum atomic E-state index is 12.0. The molecular formula is C13H15ClO3. The fourth-order valence-electron chi connectivity index (χ4n) is 4.05. The predicted molar refractivity (Wildman–Crippen MR) is 62.4 cm³/mol. The van der Waals surface area contributed by atoms with Crippen molar-refractivity contribution in [2.24, 2.45) is 17.8 Å². The number of ketones is 1. The predicted octanol–water partition coefficient (Wildman–Crippen LogP) is 2.43. The quantitative estimate of drug-likeness (QED) is 0.562. The van der Waals surface area contributed by atoms with Crippen molar-refractivity contribution in [2.75, 3.05) is 0 Å². The van der Waals surface area contributed by atoms with E-state index in [1.165, 1.54) is 0 Å². The average molecular weight is 255 g/mol. The first-order chi connectivity index (χ1) is 7.99. The number of halogens is 1. The van der Waals surface area contributed by atoms with Crippen molar-refractivity contribution in [3.05, 3.63) is 11.6 Å². The molecule has 0 amide bonds. The number of Topliss-reactive ketones (excluding diaryl/α,β-unsaturated/α-hetero) is 1. The van der Waals surface area contributed by atoms with Gasteiger partial charge < -0.3 is 4.74 Å². The first kappa shape index (κ1) is 11.3. The van der Waals surface area contributed by atoms with Gasteiger partial charge in [0.25, 0.3) is 0 Å². The fourth-order valence-corrected chi connectivity index (χ4v) is 4.09. The third kappa shape index (κ3) is 1.71. The van der Waals surface area contributed by atoms with Crippen molar-refractivity contribution in [2.45, 2.75) is 37.7 Å². The molecule has 0 saturated heterocycles. The molecule has 4 saturated carbocycles. The highest BCUT2D eigenvalue weighted by Gasteiger charge is 2.57. The number of rotatable bonds is 2. The minimum Gasteiger partial charge on any atom is -0.455 e. The van der Waals surface area contributed by atoms with Gasteiger partial charge in [0.05, 0.1) is 0 Å². The zero-order chi connectivity index (χ0) is 12.2. The maximum absolute atomic E-state index is 12.0. The molecule has 4 bridgehead atoms. The summed E-state index contributed by atoms with van der Waals surface area (Å²) in [6.45, 7) is 3.39. The van der Waals surface area contributed by atoms with Gasteiger partial charge in [-0.25, -0.2) is 4.79 Å². The lowest BCUT2D eigenvalue weighted by molar-refractivity contribution is -0.185. The molecule has 0 aromatic heterocycles. The first-order valence-corrected chi connectivity index (χ1v) is 6.48. The zero-order valence-electron chi connectivity index (χ0n) is 9.58. The molecule has 2 atom stereocenters. The van der Waals surface area contributed by atoms with E-state index in [2.05, 4.69) is 6.58 Å². The van der Waals surface area contributed by atoms with Crippen LogP contribution in [0.2, 0.25) is 0 Å². The lowest BCUT2D eigenvalue weighted by Gasteiger charge is -2.54. The Bertz CT molecular complexity index is 397. The average Bonchev–Trinajstić information content (AvgIpc) is 2.23. The summed E-state index contributed by atoms with van der Waals surface area (Å²) in [5, 5.41) is -0.0768. The van der Waals surface area contributed by atoms with Crippen LogP contribution in [0, 0.1) is 17.8 Å². The smallest absolute Gasteiger partial charge is 0.349 e. The molecule has 0 aliphatic heterocycles. The van der Waals surface area contributed by atoms with E-state index in [1.807, 2.05) is 0 Å². The Balaban J connectivity index is 1.83. The second-order valence-electron chi connectivity index (χ2n) is 5.72. The molecule has 4 heteroatoms. The van der Waals surface area contributed by atoms with E-state index in [1.54, 1.807) is 0 Å². The minimum absolute atomic E-state index is 0.0768. The summed E-state index contributed by atoms with van der Waals surface area (Å²) in [4.78, 5) is 23.5. The Hall–Kier alpha value is -0.830. The minimum atomic E-state index is -0.527. The van der Waals surface area contributed by atoms with Crippen LogP contribution >= 0.6 is 11.6 Å². The Morgan fingerprint density at radius 3 is 2.41 bits per heavy atom. The van der Waals surface area contributed by atoms with Crippen LogP contribution in [0.5, 0.6) is 0 Å². The molecule has 4 aliphatic carbocycles. The van der Waals surface area contributed by atoms with E-state index in [4.69, 9.17) is 16.3 Å². The van der Waals surface area contributed by atoms with Gasteiger partial charge in [-0.05, 0) is 38.0 Å². The molecule has 4 aliphatic rings. The molecular weight excluding hydrogens is 240 g/mol. The van der Waals surface area contributed by atoms with E-state index in [0.29, 0.717) is 24.5 Å². The summed E-state index contributed by atoms with van der Waals surface area (Å²) < 4.78 is 5.54. The van der Waals surface area contributed by atoms with Crippen molar-refractivity contribution in [3.63, 3.8) is 0 Å². The zero-order valence-corrected chi connectivity index (χ0v) is 10.3. The molecule has 0 aromatic carbocycles. The monoisotopic (exact) mass is 254 g/mol. The van der Waals surface area contributed by atoms with E-state index in [9.17, 15) is 9.59 Å². The second kappa shape index (κ2) is 3.58. The highest BCUT2D eigenvalue weighted by molar-refractivity contribution is 6.40. The van der Waals surface area contributed by atoms with Crippen LogP contribution in [0.15, 0.2) is 11.6 Å². The molecule has 0 spiro atoms. The highest BCUT2D eigenvalue weighted by atomic mass is 35.5. The molecule has 17 heavy (non-hydrogen) atoms. The lowest BCUT2D eigenvalue weighted by atomic mass is 9.53. The van der Waals surface area contributed by atoms with Crippen LogP contribution in [-0.2, 0) is 14.3 Å². The molecule has 3 nitrogen and oxygen atoms in total. The van der Waals surface area contributed by atoms with Gasteiger partial charge in [0.15, 0.2) is 0 Å². The van der Waals surface area contributed by atoms with Gasteiger partial charge in [0.1, 0.15) is 16.4 Å². The van der Waals surface area contributed by atoms with Gasteiger partial charge in [-0.15, -0.1) is 0 Å². The van der Waals surface area contributed by atoms with Crippen molar-refractivity contribution >= 4 is 23.4 Å². The van der Waals surface area contributed by atoms with E-state index in [0.717, 1.165) is 19.3 Å². The van der Waals surface area contributed by atoms with Crippen LogP contribution in [0.4, 0.5) is 0 Å². The van der Waals surface area contributed by atoms with E-state index >= 15 is 0 Å². The summed E-state index contributed by atoms with van der Waals surface area (Å²) in [6.07, 6.45) is 4.24. The number of hydrogen-bond donors (Lipinski definition) is 0. The molecule has 0 aromatic rings. The normalized spacial score (nSPS) is 42.6. The van der Waals surface area contributed by atoms with E-state index < -0.39 is 11.6 Å². The number of hydrogen-bond acceptors (Lipinski definition) is 3. The van der Waals surface area contributed by atoms with E-state index in [-0.39, 0.29) is 16.9 Å². The van der Waals surface area contributed by atoms with Crippen LogP contribution in [0.3, 0.4) is 0 Å². The largest absolute Gasteiger partial charge is 0.455 e. The third-order valence-corrected chi connectivity index (χ3v) is 4.62. The molecule has 4 fully saturated rings. The molecule has 4 rings (SSSR count). The molecule has 2 unspecified atom stereocenters. The Morgan fingerprint density at radius 2 is 1.88 bits per heavy atom.